The second-order valence-electron chi connectivity index (χ2n) is 4.89. The summed E-state index contributed by atoms with van der Waals surface area (Å²) in [7, 11) is 0. The second kappa shape index (κ2) is 5.28. The molecular weight excluding hydrogens is 192 g/mol. The van der Waals surface area contributed by atoms with E-state index in [4.69, 9.17) is 9.84 Å². The number of aliphatic hydroxyl groups is 2. The molecule has 0 spiro atoms. The molecule has 2 fully saturated rings. The van der Waals surface area contributed by atoms with Crippen LogP contribution in [0.4, 0.5) is 0 Å². The van der Waals surface area contributed by atoms with Crippen molar-refractivity contribution in [1.82, 2.24) is 0 Å². The lowest BCUT2D eigenvalue weighted by molar-refractivity contribution is -0.0970. The zero-order valence-electron chi connectivity index (χ0n) is 9.27. The molecular formula is C12H22O3. The summed E-state index contributed by atoms with van der Waals surface area (Å²) in [6.07, 6.45) is 6.88. The van der Waals surface area contributed by atoms with Crippen LogP contribution in [0.15, 0.2) is 0 Å². The first-order valence-electron chi connectivity index (χ1n) is 6.23. The fourth-order valence-corrected chi connectivity index (χ4v) is 3.30. The third kappa shape index (κ3) is 2.52. The van der Waals surface area contributed by atoms with E-state index in [0.717, 1.165) is 19.3 Å². The van der Waals surface area contributed by atoms with E-state index in [0.29, 0.717) is 18.4 Å². The van der Waals surface area contributed by atoms with Crippen molar-refractivity contribution in [3.8, 4) is 0 Å². The second-order valence-corrected chi connectivity index (χ2v) is 4.89. The summed E-state index contributed by atoms with van der Waals surface area (Å²) in [5.74, 6) is 0.991. The molecule has 0 saturated heterocycles. The molecule has 0 aromatic rings. The van der Waals surface area contributed by atoms with Crippen LogP contribution in [0.1, 0.15) is 38.5 Å². The Kier molecular flexibility index (Phi) is 4.00. The zero-order chi connectivity index (χ0) is 10.7. The third-order valence-corrected chi connectivity index (χ3v) is 4.02. The highest BCUT2D eigenvalue weighted by molar-refractivity contribution is 4.90. The Morgan fingerprint density at radius 1 is 1.00 bits per heavy atom. The van der Waals surface area contributed by atoms with Crippen LogP contribution in [-0.2, 0) is 4.74 Å². The molecule has 0 unspecified atom stereocenters. The number of ether oxygens (including phenoxy) is 1. The third-order valence-electron chi connectivity index (χ3n) is 4.02. The van der Waals surface area contributed by atoms with Gasteiger partial charge in [-0.3, -0.25) is 0 Å². The van der Waals surface area contributed by atoms with Crippen molar-refractivity contribution in [3.63, 3.8) is 0 Å². The number of hydrogen-bond acceptors (Lipinski definition) is 3. The lowest BCUT2D eigenvalue weighted by atomic mass is 9.68. The molecule has 15 heavy (non-hydrogen) atoms. The fourth-order valence-electron chi connectivity index (χ4n) is 3.30. The SMILES string of the molecule is OCCO[C@@H]1CC[C@H](O)[C@@H]2CCCC[C@@H]21. The summed E-state index contributed by atoms with van der Waals surface area (Å²) in [5.41, 5.74) is 0. The highest BCUT2D eigenvalue weighted by atomic mass is 16.5. The summed E-state index contributed by atoms with van der Waals surface area (Å²) < 4.78 is 5.69. The lowest BCUT2D eigenvalue weighted by Crippen LogP contribution is -2.44. The maximum atomic E-state index is 9.94. The van der Waals surface area contributed by atoms with E-state index in [-0.39, 0.29) is 18.8 Å². The molecule has 2 aliphatic rings. The van der Waals surface area contributed by atoms with Crippen molar-refractivity contribution in [2.75, 3.05) is 13.2 Å². The van der Waals surface area contributed by atoms with Gasteiger partial charge in [0.2, 0.25) is 0 Å². The van der Waals surface area contributed by atoms with Crippen LogP contribution in [0.25, 0.3) is 0 Å². The predicted octanol–water partition coefficient (Wildman–Crippen LogP) is 1.32. The van der Waals surface area contributed by atoms with Crippen LogP contribution in [0, 0.1) is 11.8 Å². The largest absolute Gasteiger partial charge is 0.394 e. The molecule has 0 bridgehead atoms. The van der Waals surface area contributed by atoms with Gasteiger partial charge in [0, 0.05) is 0 Å². The predicted molar refractivity (Wildman–Crippen MR) is 57.5 cm³/mol. The van der Waals surface area contributed by atoms with Gasteiger partial charge in [0.05, 0.1) is 25.4 Å². The van der Waals surface area contributed by atoms with Gasteiger partial charge < -0.3 is 14.9 Å². The number of aliphatic hydroxyl groups excluding tert-OH is 2. The van der Waals surface area contributed by atoms with Crippen molar-refractivity contribution in [2.45, 2.75) is 50.7 Å². The average molecular weight is 214 g/mol. The Labute approximate surface area is 91.4 Å². The lowest BCUT2D eigenvalue weighted by Gasteiger charge is -2.43. The smallest absolute Gasteiger partial charge is 0.0701 e. The Morgan fingerprint density at radius 3 is 2.47 bits per heavy atom. The Balaban J connectivity index is 1.94. The van der Waals surface area contributed by atoms with E-state index < -0.39 is 0 Å². The normalized spacial score (nSPS) is 41.2. The molecule has 88 valence electrons. The van der Waals surface area contributed by atoms with Crippen molar-refractivity contribution >= 4 is 0 Å². The van der Waals surface area contributed by atoms with Crippen LogP contribution in [-0.4, -0.2) is 35.6 Å². The van der Waals surface area contributed by atoms with Crippen molar-refractivity contribution < 1.29 is 14.9 Å². The van der Waals surface area contributed by atoms with Crippen LogP contribution < -0.4 is 0 Å². The summed E-state index contributed by atoms with van der Waals surface area (Å²) >= 11 is 0. The minimum atomic E-state index is -0.107. The van der Waals surface area contributed by atoms with Gasteiger partial charge in [-0.2, -0.15) is 0 Å². The minimum Gasteiger partial charge on any atom is -0.394 e. The molecule has 3 nitrogen and oxygen atoms in total. The molecule has 2 rings (SSSR count). The van der Waals surface area contributed by atoms with Gasteiger partial charge in [-0.15, -0.1) is 0 Å². The van der Waals surface area contributed by atoms with Gasteiger partial charge in [0.15, 0.2) is 0 Å². The molecule has 0 radical (unpaired) electrons. The Hall–Kier alpha value is -0.120. The van der Waals surface area contributed by atoms with Crippen LogP contribution in [0.2, 0.25) is 0 Å². The standard InChI is InChI=1S/C12H22O3/c13-7-8-15-12-6-5-11(14)9-3-1-2-4-10(9)12/h9-14H,1-8H2/t9-,10+,11+,12-/m1/s1. The van der Waals surface area contributed by atoms with E-state index in [2.05, 4.69) is 0 Å². The molecule has 2 N–H and O–H groups in total. The maximum Gasteiger partial charge on any atom is 0.0701 e. The number of fused-ring (bicyclic) bond motifs is 1. The molecule has 2 aliphatic carbocycles. The van der Waals surface area contributed by atoms with E-state index >= 15 is 0 Å². The molecule has 3 heteroatoms. The summed E-state index contributed by atoms with van der Waals surface area (Å²) in [6, 6.07) is 0. The number of rotatable bonds is 3. The maximum absolute atomic E-state index is 9.94. The van der Waals surface area contributed by atoms with Gasteiger partial charge >= 0.3 is 0 Å². The van der Waals surface area contributed by atoms with Crippen LogP contribution >= 0.6 is 0 Å². The van der Waals surface area contributed by atoms with E-state index in [1.807, 2.05) is 0 Å². The van der Waals surface area contributed by atoms with E-state index in [1.165, 1.54) is 19.3 Å². The topological polar surface area (TPSA) is 49.7 Å². The highest BCUT2D eigenvalue weighted by Gasteiger charge is 2.40. The summed E-state index contributed by atoms with van der Waals surface area (Å²) in [4.78, 5) is 0. The first-order chi connectivity index (χ1) is 7.33. The monoisotopic (exact) mass is 214 g/mol. The zero-order valence-corrected chi connectivity index (χ0v) is 9.27. The van der Waals surface area contributed by atoms with Crippen molar-refractivity contribution in [3.05, 3.63) is 0 Å². The highest BCUT2D eigenvalue weighted by Crippen LogP contribution is 2.41. The van der Waals surface area contributed by atoms with Crippen LogP contribution in [0.5, 0.6) is 0 Å². The molecule has 0 aliphatic heterocycles. The van der Waals surface area contributed by atoms with Crippen LogP contribution in [0.3, 0.4) is 0 Å². The Morgan fingerprint density at radius 2 is 1.73 bits per heavy atom. The molecule has 0 aromatic carbocycles. The first-order valence-corrected chi connectivity index (χ1v) is 6.23. The number of hydrogen-bond donors (Lipinski definition) is 2. The van der Waals surface area contributed by atoms with Crippen molar-refractivity contribution in [2.24, 2.45) is 11.8 Å². The quantitative estimate of drug-likeness (QED) is 0.745. The van der Waals surface area contributed by atoms with Gasteiger partial charge in [-0.1, -0.05) is 12.8 Å². The van der Waals surface area contributed by atoms with Gasteiger partial charge in [-0.05, 0) is 37.5 Å². The first kappa shape index (κ1) is 11.4. The minimum absolute atomic E-state index is 0.107. The molecule has 0 aromatic heterocycles. The average Bonchev–Trinajstić information content (AvgIpc) is 2.29. The fraction of sp³-hybridized carbons (Fsp3) is 1.00. The molecule has 2 saturated carbocycles. The molecule has 0 heterocycles. The summed E-state index contributed by atoms with van der Waals surface area (Å²) in [5, 5.41) is 18.7. The molecule has 4 atom stereocenters. The van der Waals surface area contributed by atoms with Crippen molar-refractivity contribution in [1.29, 1.82) is 0 Å². The van der Waals surface area contributed by atoms with E-state index in [9.17, 15) is 5.11 Å². The van der Waals surface area contributed by atoms with Gasteiger partial charge in [-0.25, -0.2) is 0 Å². The van der Waals surface area contributed by atoms with Gasteiger partial charge in [0.25, 0.3) is 0 Å². The molecule has 0 amide bonds. The van der Waals surface area contributed by atoms with E-state index in [1.54, 1.807) is 0 Å². The summed E-state index contributed by atoms with van der Waals surface area (Å²) in [6.45, 7) is 0.556. The van der Waals surface area contributed by atoms with Gasteiger partial charge in [0.1, 0.15) is 0 Å². The Bertz CT molecular complexity index is 193.